The second-order valence-corrected chi connectivity index (χ2v) is 7.72. The topological polar surface area (TPSA) is 53.4 Å². The predicted octanol–water partition coefficient (Wildman–Crippen LogP) is 3.83. The molecule has 6 nitrogen and oxygen atoms in total. The van der Waals surface area contributed by atoms with Crippen molar-refractivity contribution in [1.29, 1.82) is 0 Å². The molecular formula is C22H23ClFN5O. The summed E-state index contributed by atoms with van der Waals surface area (Å²) in [6.07, 6.45) is 3.47. The minimum atomic E-state index is -0.542. The van der Waals surface area contributed by atoms with Gasteiger partial charge in [0, 0.05) is 56.3 Å². The quantitative estimate of drug-likeness (QED) is 0.688. The van der Waals surface area contributed by atoms with Gasteiger partial charge in [0.05, 0.1) is 0 Å². The first kappa shape index (κ1) is 20.2. The number of aromatic nitrogens is 2. The number of hydrogen-bond donors (Lipinski definition) is 1. The van der Waals surface area contributed by atoms with Crippen molar-refractivity contribution in [2.75, 3.05) is 31.1 Å². The van der Waals surface area contributed by atoms with E-state index in [1.807, 2.05) is 35.9 Å². The number of rotatable bonds is 4. The molecule has 2 amide bonds. The van der Waals surface area contributed by atoms with E-state index < -0.39 is 6.04 Å². The lowest BCUT2D eigenvalue weighted by Gasteiger charge is -2.36. The van der Waals surface area contributed by atoms with Crippen LogP contribution in [0.5, 0.6) is 0 Å². The molecule has 1 fully saturated rings. The maximum absolute atomic E-state index is 13.8. The highest BCUT2D eigenvalue weighted by atomic mass is 35.5. The van der Waals surface area contributed by atoms with Crippen LogP contribution in [0, 0.1) is 5.82 Å². The molecule has 1 atom stereocenters. The zero-order valence-corrected chi connectivity index (χ0v) is 17.4. The van der Waals surface area contributed by atoms with Gasteiger partial charge in [0.2, 0.25) is 0 Å². The SMILES string of the molecule is Cn1ccnc1C(NC(=O)N1CCN(c2cccc(Cl)c2)CC1)c1cccc(F)c1. The largest absolute Gasteiger partial charge is 0.368 e. The third-order valence-electron chi connectivity index (χ3n) is 5.31. The molecule has 0 aliphatic carbocycles. The molecule has 1 unspecified atom stereocenters. The number of imidazole rings is 1. The van der Waals surface area contributed by atoms with Crippen molar-refractivity contribution in [2.45, 2.75) is 6.04 Å². The first-order valence-electron chi connectivity index (χ1n) is 9.80. The van der Waals surface area contributed by atoms with E-state index in [0.29, 0.717) is 42.6 Å². The van der Waals surface area contributed by atoms with Gasteiger partial charge in [-0.15, -0.1) is 0 Å². The third kappa shape index (κ3) is 4.41. The number of anilines is 1. The molecule has 0 bridgehead atoms. The Morgan fingerprint density at radius 1 is 1.13 bits per heavy atom. The Morgan fingerprint density at radius 3 is 2.57 bits per heavy atom. The first-order valence-corrected chi connectivity index (χ1v) is 10.2. The number of benzene rings is 2. The standard InChI is InChI=1S/C22H23ClFN5O/c1-27-9-8-25-21(27)20(16-4-2-6-18(24)14-16)26-22(30)29-12-10-28(11-13-29)19-7-3-5-17(23)15-19/h2-9,14-15,20H,10-13H2,1H3,(H,26,30). The van der Waals surface area contributed by atoms with Gasteiger partial charge in [-0.3, -0.25) is 0 Å². The smallest absolute Gasteiger partial charge is 0.318 e. The van der Waals surface area contributed by atoms with Gasteiger partial charge >= 0.3 is 6.03 Å². The van der Waals surface area contributed by atoms with Gasteiger partial charge in [-0.05, 0) is 35.9 Å². The molecule has 0 spiro atoms. The number of nitrogens with one attached hydrogen (secondary N) is 1. The van der Waals surface area contributed by atoms with Crippen molar-refractivity contribution in [3.63, 3.8) is 0 Å². The molecular weight excluding hydrogens is 405 g/mol. The summed E-state index contributed by atoms with van der Waals surface area (Å²) in [5.74, 6) is 0.294. The van der Waals surface area contributed by atoms with Crippen molar-refractivity contribution < 1.29 is 9.18 Å². The van der Waals surface area contributed by atoms with E-state index in [-0.39, 0.29) is 11.8 Å². The highest BCUT2D eigenvalue weighted by Crippen LogP contribution is 2.23. The molecule has 2 aromatic carbocycles. The van der Waals surface area contributed by atoms with E-state index in [0.717, 1.165) is 5.69 Å². The van der Waals surface area contributed by atoms with E-state index in [9.17, 15) is 9.18 Å². The van der Waals surface area contributed by atoms with Gasteiger partial charge < -0.3 is 19.7 Å². The summed E-state index contributed by atoms with van der Waals surface area (Å²) in [5.41, 5.74) is 1.70. The molecule has 1 aliphatic heterocycles. The van der Waals surface area contributed by atoms with Crippen molar-refractivity contribution in [3.8, 4) is 0 Å². The number of halogens is 2. The molecule has 1 saturated heterocycles. The lowest BCUT2D eigenvalue weighted by Crippen LogP contribution is -2.52. The summed E-state index contributed by atoms with van der Waals surface area (Å²) in [6.45, 7) is 2.57. The van der Waals surface area contributed by atoms with Crippen molar-refractivity contribution in [3.05, 3.63) is 83.2 Å². The van der Waals surface area contributed by atoms with Crippen LogP contribution in [0.3, 0.4) is 0 Å². The Morgan fingerprint density at radius 2 is 1.90 bits per heavy atom. The molecule has 3 aromatic rings. The van der Waals surface area contributed by atoms with Crippen LogP contribution in [-0.2, 0) is 7.05 Å². The summed E-state index contributed by atoms with van der Waals surface area (Å²) >= 11 is 6.10. The molecule has 1 aromatic heterocycles. The fourth-order valence-electron chi connectivity index (χ4n) is 3.69. The Balaban J connectivity index is 1.46. The Kier molecular flexibility index (Phi) is 5.90. The summed E-state index contributed by atoms with van der Waals surface area (Å²) in [7, 11) is 1.85. The van der Waals surface area contributed by atoms with Crippen LogP contribution >= 0.6 is 11.6 Å². The zero-order chi connectivity index (χ0) is 21.1. The summed E-state index contributed by atoms with van der Waals surface area (Å²) < 4.78 is 15.7. The number of amides is 2. The number of carbonyl (C=O) groups is 1. The van der Waals surface area contributed by atoms with Gasteiger partial charge in [-0.25, -0.2) is 14.2 Å². The maximum Gasteiger partial charge on any atom is 0.318 e. The van der Waals surface area contributed by atoms with Crippen molar-refractivity contribution >= 4 is 23.3 Å². The Labute approximate surface area is 179 Å². The fraction of sp³-hybridized carbons (Fsp3) is 0.273. The monoisotopic (exact) mass is 427 g/mol. The fourth-order valence-corrected chi connectivity index (χ4v) is 3.88. The van der Waals surface area contributed by atoms with E-state index in [2.05, 4.69) is 15.2 Å². The number of piperazine rings is 1. The van der Waals surface area contributed by atoms with Gasteiger partial charge in [-0.2, -0.15) is 0 Å². The molecule has 1 aliphatic rings. The van der Waals surface area contributed by atoms with E-state index in [4.69, 9.17) is 11.6 Å². The van der Waals surface area contributed by atoms with Gasteiger partial charge in [0.25, 0.3) is 0 Å². The van der Waals surface area contributed by atoms with E-state index in [1.165, 1.54) is 12.1 Å². The first-order chi connectivity index (χ1) is 14.5. The molecule has 4 rings (SSSR count). The van der Waals surface area contributed by atoms with Crippen molar-refractivity contribution in [1.82, 2.24) is 19.8 Å². The summed E-state index contributed by atoms with van der Waals surface area (Å²) in [4.78, 5) is 21.4. The normalized spacial score (nSPS) is 15.2. The lowest BCUT2D eigenvalue weighted by atomic mass is 10.1. The van der Waals surface area contributed by atoms with Gasteiger partial charge in [-0.1, -0.05) is 29.8 Å². The Bertz CT molecular complexity index is 1030. The molecule has 0 radical (unpaired) electrons. The van der Waals surface area contributed by atoms with Crippen LogP contribution in [0.4, 0.5) is 14.9 Å². The number of urea groups is 1. The molecule has 30 heavy (non-hydrogen) atoms. The predicted molar refractivity (Wildman–Crippen MR) is 115 cm³/mol. The number of nitrogens with zero attached hydrogens (tertiary/aromatic N) is 4. The summed E-state index contributed by atoms with van der Waals surface area (Å²) in [6, 6.07) is 13.2. The van der Waals surface area contributed by atoms with Crippen LogP contribution in [0.25, 0.3) is 0 Å². The molecule has 2 heterocycles. The highest BCUT2D eigenvalue weighted by Gasteiger charge is 2.26. The molecule has 0 saturated carbocycles. The molecule has 156 valence electrons. The van der Waals surface area contributed by atoms with Gasteiger partial charge in [0.1, 0.15) is 17.7 Å². The van der Waals surface area contributed by atoms with Crippen LogP contribution in [0.15, 0.2) is 60.9 Å². The van der Waals surface area contributed by atoms with Crippen LogP contribution in [0.1, 0.15) is 17.4 Å². The maximum atomic E-state index is 13.8. The second-order valence-electron chi connectivity index (χ2n) is 7.29. The average molecular weight is 428 g/mol. The zero-order valence-electron chi connectivity index (χ0n) is 16.6. The Hall–Kier alpha value is -3.06. The third-order valence-corrected chi connectivity index (χ3v) is 5.54. The molecule has 1 N–H and O–H groups in total. The average Bonchev–Trinajstić information content (AvgIpc) is 3.17. The van der Waals surface area contributed by atoms with Crippen LogP contribution in [0.2, 0.25) is 5.02 Å². The van der Waals surface area contributed by atoms with Crippen LogP contribution < -0.4 is 10.2 Å². The van der Waals surface area contributed by atoms with Crippen LogP contribution in [-0.4, -0.2) is 46.7 Å². The number of carbonyl (C=O) groups excluding carboxylic acids is 1. The highest BCUT2D eigenvalue weighted by molar-refractivity contribution is 6.30. The van der Waals surface area contributed by atoms with E-state index >= 15 is 0 Å². The number of aryl methyl sites for hydroxylation is 1. The minimum Gasteiger partial charge on any atom is -0.368 e. The number of hydrogen-bond acceptors (Lipinski definition) is 3. The lowest BCUT2D eigenvalue weighted by molar-refractivity contribution is 0.191. The second kappa shape index (κ2) is 8.75. The van der Waals surface area contributed by atoms with Gasteiger partial charge in [0.15, 0.2) is 0 Å². The minimum absolute atomic E-state index is 0.196. The summed E-state index contributed by atoms with van der Waals surface area (Å²) in [5, 5.41) is 3.73. The van der Waals surface area contributed by atoms with E-state index in [1.54, 1.807) is 29.4 Å². The molecule has 8 heteroatoms. The van der Waals surface area contributed by atoms with Crippen molar-refractivity contribution in [2.24, 2.45) is 7.05 Å².